The van der Waals surface area contributed by atoms with Crippen molar-refractivity contribution in [3.63, 3.8) is 0 Å². The lowest BCUT2D eigenvalue weighted by Gasteiger charge is -2.34. The summed E-state index contributed by atoms with van der Waals surface area (Å²) in [7, 11) is -4.84. The maximum Gasteiger partial charge on any atom is 0.409 e. The molecule has 1 aliphatic rings. The van der Waals surface area contributed by atoms with Gasteiger partial charge in [-0.25, -0.2) is 41.3 Å². The molecule has 4 aromatic rings. The SMILES string of the molecule is CC(C)COC(=O)N1CCN(c2nc(-c3cccc(NS(=O)(=O)c4c(F)cccc4F)c3F)c(-c3ccnc(Cl)n3)s2)CC1. The first-order valence-corrected chi connectivity index (χ1v) is 16.0. The van der Waals surface area contributed by atoms with Crippen LogP contribution in [0.5, 0.6) is 0 Å². The fourth-order valence-electron chi connectivity index (χ4n) is 4.40. The molecule has 0 saturated carbocycles. The third-order valence-electron chi connectivity index (χ3n) is 6.51. The number of aromatic nitrogens is 3. The minimum atomic E-state index is -4.84. The van der Waals surface area contributed by atoms with E-state index >= 15 is 4.39 Å². The van der Waals surface area contributed by atoms with Crippen molar-refractivity contribution in [2.45, 2.75) is 18.7 Å². The van der Waals surface area contributed by atoms with Crippen LogP contribution in [-0.2, 0) is 14.8 Å². The smallest absolute Gasteiger partial charge is 0.409 e. The molecule has 10 nitrogen and oxygen atoms in total. The maximum atomic E-state index is 16.0. The number of anilines is 2. The van der Waals surface area contributed by atoms with Crippen LogP contribution in [0.4, 0.5) is 28.8 Å². The molecule has 0 radical (unpaired) electrons. The van der Waals surface area contributed by atoms with E-state index < -0.39 is 44.2 Å². The summed E-state index contributed by atoms with van der Waals surface area (Å²) in [6.07, 6.45) is 1.03. The van der Waals surface area contributed by atoms with Gasteiger partial charge in [0, 0.05) is 37.9 Å². The van der Waals surface area contributed by atoms with Crippen LogP contribution in [0.25, 0.3) is 21.8 Å². The fourth-order valence-corrected chi connectivity index (χ4v) is 6.85. The van der Waals surface area contributed by atoms with E-state index in [0.29, 0.717) is 48.5 Å². The largest absolute Gasteiger partial charge is 0.449 e. The number of amides is 1. The Balaban J connectivity index is 1.48. The molecule has 0 aliphatic carbocycles. The van der Waals surface area contributed by atoms with Crippen molar-refractivity contribution in [3.8, 4) is 21.8 Å². The van der Waals surface area contributed by atoms with E-state index in [2.05, 4.69) is 9.97 Å². The number of sulfonamides is 1. The molecule has 1 N–H and O–H groups in total. The van der Waals surface area contributed by atoms with Gasteiger partial charge in [0.25, 0.3) is 10.0 Å². The topological polar surface area (TPSA) is 118 Å². The Morgan fingerprint density at radius 2 is 1.73 bits per heavy atom. The molecule has 3 heterocycles. The molecular weight excluding hydrogens is 641 g/mol. The van der Waals surface area contributed by atoms with Crippen LogP contribution in [-0.4, -0.2) is 67.1 Å². The number of hydrogen-bond donors (Lipinski definition) is 1. The van der Waals surface area contributed by atoms with Gasteiger partial charge in [0.05, 0.1) is 28.6 Å². The minimum absolute atomic E-state index is 0.0502. The molecule has 1 amide bonds. The molecule has 0 bridgehead atoms. The molecule has 16 heteroatoms. The van der Waals surface area contributed by atoms with E-state index in [-0.39, 0.29) is 22.5 Å². The highest BCUT2D eigenvalue weighted by atomic mass is 35.5. The highest BCUT2D eigenvalue weighted by Gasteiger charge is 2.29. The van der Waals surface area contributed by atoms with Crippen molar-refractivity contribution in [2.24, 2.45) is 5.92 Å². The van der Waals surface area contributed by atoms with Gasteiger partial charge >= 0.3 is 6.09 Å². The lowest BCUT2D eigenvalue weighted by molar-refractivity contribution is 0.0901. The van der Waals surface area contributed by atoms with Crippen LogP contribution >= 0.6 is 22.9 Å². The molecule has 232 valence electrons. The molecule has 1 fully saturated rings. The number of piperazine rings is 1. The van der Waals surface area contributed by atoms with Crippen molar-refractivity contribution in [1.82, 2.24) is 19.9 Å². The number of thiazole rings is 1. The van der Waals surface area contributed by atoms with E-state index in [9.17, 15) is 22.0 Å². The normalized spacial score (nSPS) is 13.8. The molecule has 1 aliphatic heterocycles. The van der Waals surface area contributed by atoms with Crippen LogP contribution in [0.3, 0.4) is 0 Å². The summed E-state index contributed by atoms with van der Waals surface area (Å²) in [5.41, 5.74) is -0.158. The first kappa shape index (κ1) is 31.5. The van der Waals surface area contributed by atoms with Gasteiger partial charge in [-0.05, 0) is 47.9 Å². The number of halogens is 4. The van der Waals surface area contributed by atoms with Gasteiger partial charge in [-0.3, -0.25) is 4.72 Å². The lowest BCUT2D eigenvalue weighted by Crippen LogP contribution is -2.49. The Morgan fingerprint density at radius 1 is 1.05 bits per heavy atom. The summed E-state index contributed by atoms with van der Waals surface area (Å²) in [6.45, 7) is 5.80. The Labute approximate surface area is 260 Å². The molecular formula is C28H26ClF3N6O4S2. The standard InChI is InChI=1S/C28H26ClF3N6O4S2/c1-16(2)15-42-28(39)38-13-11-37(12-14-38)27-35-23(24(43-27)21-9-10-33-26(29)34-21)17-5-3-8-20(22(17)32)36-44(40,41)25-18(30)6-4-7-19(25)31/h3-10,16,36H,11-15H2,1-2H3. The van der Waals surface area contributed by atoms with Crippen molar-refractivity contribution in [3.05, 3.63) is 71.4 Å². The molecule has 2 aromatic carbocycles. The summed E-state index contributed by atoms with van der Waals surface area (Å²) < 4.78 is 77.6. The number of carbonyl (C=O) groups excluding carboxylic acids is 1. The third kappa shape index (κ3) is 6.74. The van der Waals surface area contributed by atoms with E-state index in [0.717, 1.165) is 24.3 Å². The first-order valence-electron chi connectivity index (χ1n) is 13.4. The van der Waals surface area contributed by atoms with E-state index in [1.165, 1.54) is 29.7 Å². The van der Waals surface area contributed by atoms with Gasteiger partial charge in [-0.15, -0.1) is 0 Å². The van der Waals surface area contributed by atoms with Crippen molar-refractivity contribution in [1.29, 1.82) is 0 Å². The number of carbonyl (C=O) groups is 1. The van der Waals surface area contributed by atoms with Gasteiger partial charge in [0.1, 0.15) is 11.6 Å². The van der Waals surface area contributed by atoms with E-state index in [4.69, 9.17) is 21.3 Å². The minimum Gasteiger partial charge on any atom is -0.449 e. The second kappa shape index (κ2) is 13.0. The molecule has 0 spiro atoms. The summed E-state index contributed by atoms with van der Waals surface area (Å²) in [5.74, 6) is -3.47. The average molecular weight is 667 g/mol. The van der Waals surface area contributed by atoms with E-state index in [1.807, 2.05) is 23.5 Å². The Morgan fingerprint density at radius 3 is 2.39 bits per heavy atom. The number of rotatable bonds is 8. The summed E-state index contributed by atoms with van der Waals surface area (Å²) >= 11 is 7.24. The predicted octanol–water partition coefficient (Wildman–Crippen LogP) is 6.05. The van der Waals surface area contributed by atoms with Crippen LogP contribution in [0.15, 0.2) is 53.6 Å². The van der Waals surface area contributed by atoms with Gasteiger partial charge in [-0.1, -0.05) is 37.3 Å². The Kier molecular flexibility index (Phi) is 9.27. The van der Waals surface area contributed by atoms with E-state index in [1.54, 1.807) is 11.0 Å². The van der Waals surface area contributed by atoms with Crippen LogP contribution in [0.2, 0.25) is 5.28 Å². The second-order valence-electron chi connectivity index (χ2n) is 10.2. The summed E-state index contributed by atoms with van der Waals surface area (Å²) in [5, 5.41) is 0.449. The van der Waals surface area contributed by atoms with Crippen molar-refractivity contribution >= 4 is 49.9 Å². The second-order valence-corrected chi connectivity index (χ2v) is 13.1. The molecule has 5 rings (SSSR count). The van der Waals surface area contributed by atoms with Crippen LogP contribution in [0.1, 0.15) is 13.8 Å². The molecule has 44 heavy (non-hydrogen) atoms. The zero-order chi connectivity index (χ0) is 31.6. The third-order valence-corrected chi connectivity index (χ3v) is 9.25. The molecule has 0 unspecified atom stereocenters. The van der Waals surface area contributed by atoms with Crippen molar-refractivity contribution in [2.75, 3.05) is 42.4 Å². The zero-order valence-corrected chi connectivity index (χ0v) is 25.8. The summed E-state index contributed by atoms with van der Waals surface area (Å²) in [6, 6.07) is 8.06. The number of nitrogens with one attached hydrogen (secondary N) is 1. The lowest BCUT2D eigenvalue weighted by atomic mass is 10.1. The van der Waals surface area contributed by atoms with Crippen LogP contribution in [0, 0.1) is 23.4 Å². The highest BCUT2D eigenvalue weighted by molar-refractivity contribution is 7.92. The quantitative estimate of drug-likeness (QED) is 0.226. The maximum absolute atomic E-state index is 16.0. The Hall–Kier alpha value is -3.95. The monoisotopic (exact) mass is 666 g/mol. The predicted molar refractivity (Wildman–Crippen MR) is 161 cm³/mol. The average Bonchev–Trinajstić information content (AvgIpc) is 3.42. The van der Waals surface area contributed by atoms with Crippen molar-refractivity contribution < 1.29 is 31.1 Å². The number of nitrogens with zero attached hydrogens (tertiary/aromatic N) is 5. The number of ether oxygens (including phenoxy) is 1. The zero-order valence-electron chi connectivity index (χ0n) is 23.4. The molecule has 0 atom stereocenters. The van der Waals surface area contributed by atoms with Crippen LogP contribution < -0.4 is 9.62 Å². The summed E-state index contributed by atoms with van der Waals surface area (Å²) in [4.78, 5) is 28.0. The fraction of sp³-hybridized carbons (Fsp3) is 0.286. The van der Waals surface area contributed by atoms with Gasteiger partial charge < -0.3 is 14.5 Å². The van der Waals surface area contributed by atoms with Gasteiger partial charge in [0.2, 0.25) is 5.28 Å². The number of benzene rings is 2. The number of hydrogen-bond acceptors (Lipinski definition) is 9. The first-order chi connectivity index (χ1) is 20.9. The Bertz CT molecular complexity index is 1780. The van der Waals surface area contributed by atoms with Gasteiger partial charge in [-0.2, -0.15) is 0 Å². The highest BCUT2D eigenvalue weighted by Crippen LogP contribution is 2.42. The molecule has 2 aromatic heterocycles. The molecule has 1 saturated heterocycles. The van der Waals surface area contributed by atoms with Gasteiger partial charge in [0.15, 0.2) is 15.8 Å².